The molecular formula is C24H22F3N5O6S. The third-order valence-corrected chi connectivity index (χ3v) is 7.13. The number of methoxy groups -OCH3 is 1. The molecular weight excluding hydrogens is 543 g/mol. The van der Waals surface area contributed by atoms with Crippen LogP contribution in [0.15, 0.2) is 58.2 Å². The number of sulfonamides is 1. The fourth-order valence-electron chi connectivity index (χ4n) is 3.79. The van der Waals surface area contributed by atoms with E-state index in [1.807, 2.05) is 0 Å². The van der Waals surface area contributed by atoms with Crippen LogP contribution < -0.4 is 19.5 Å². The van der Waals surface area contributed by atoms with E-state index in [9.17, 15) is 26.4 Å². The molecule has 0 radical (unpaired) electrons. The molecule has 0 bridgehead atoms. The van der Waals surface area contributed by atoms with Crippen LogP contribution in [0.4, 0.5) is 19.0 Å². The molecule has 39 heavy (non-hydrogen) atoms. The second kappa shape index (κ2) is 10.1. The van der Waals surface area contributed by atoms with Crippen LogP contribution in [0.1, 0.15) is 24.0 Å². The van der Waals surface area contributed by atoms with E-state index in [4.69, 9.17) is 14.0 Å². The molecule has 5 rings (SSSR count). The molecule has 206 valence electrons. The summed E-state index contributed by atoms with van der Waals surface area (Å²) in [5.74, 6) is -1.58. The Morgan fingerprint density at radius 3 is 2.67 bits per heavy atom. The molecule has 1 saturated carbocycles. The van der Waals surface area contributed by atoms with Gasteiger partial charge in [-0.15, -0.1) is 0 Å². The number of aromatic nitrogens is 3. The lowest BCUT2D eigenvalue weighted by Crippen LogP contribution is -2.36. The van der Waals surface area contributed by atoms with Gasteiger partial charge in [-0.3, -0.25) is 14.2 Å². The Morgan fingerprint density at radius 2 is 1.95 bits per heavy atom. The predicted molar refractivity (Wildman–Crippen MR) is 131 cm³/mol. The number of amides is 1. The van der Waals surface area contributed by atoms with Gasteiger partial charge in [0, 0.05) is 18.3 Å². The first-order valence-electron chi connectivity index (χ1n) is 11.6. The Morgan fingerprint density at radius 1 is 1.18 bits per heavy atom. The third-order valence-electron chi connectivity index (χ3n) is 5.75. The lowest BCUT2D eigenvalue weighted by molar-refractivity contribution is -0.173. The number of halogens is 3. The van der Waals surface area contributed by atoms with Gasteiger partial charge in [-0.2, -0.15) is 18.3 Å². The maximum atomic E-state index is 13.1. The van der Waals surface area contributed by atoms with Crippen LogP contribution in [0.2, 0.25) is 0 Å². The van der Waals surface area contributed by atoms with Crippen LogP contribution in [0.25, 0.3) is 11.0 Å². The van der Waals surface area contributed by atoms with Gasteiger partial charge < -0.3 is 19.3 Å². The number of carbonyl (C=O) groups excluding carboxylic acids is 1. The summed E-state index contributed by atoms with van der Waals surface area (Å²) in [5, 5.41) is 10.2. The van der Waals surface area contributed by atoms with Crippen molar-refractivity contribution in [2.75, 3.05) is 11.8 Å². The topological polar surface area (TPSA) is 138 Å². The van der Waals surface area contributed by atoms with Crippen LogP contribution in [-0.2, 0) is 27.9 Å². The molecule has 1 aliphatic rings. The van der Waals surface area contributed by atoms with Crippen molar-refractivity contribution in [1.29, 1.82) is 0 Å². The first kappa shape index (κ1) is 26.3. The number of para-hydroxylation sites is 1. The van der Waals surface area contributed by atoms with Crippen LogP contribution in [0, 0.1) is 0 Å². The maximum absolute atomic E-state index is 13.1. The van der Waals surface area contributed by atoms with Gasteiger partial charge in [0.25, 0.3) is 10.0 Å². The van der Waals surface area contributed by atoms with Gasteiger partial charge in [-0.1, -0.05) is 17.3 Å². The highest BCUT2D eigenvalue weighted by Crippen LogP contribution is 2.38. The second-order valence-corrected chi connectivity index (χ2v) is 10.4. The van der Waals surface area contributed by atoms with Gasteiger partial charge in [-0.25, -0.2) is 8.42 Å². The molecule has 1 fully saturated rings. The zero-order valence-corrected chi connectivity index (χ0v) is 21.2. The zero-order valence-electron chi connectivity index (χ0n) is 20.4. The highest BCUT2D eigenvalue weighted by Gasteiger charge is 2.38. The van der Waals surface area contributed by atoms with Crippen molar-refractivity contribution in [3.63, 3.8) is 0 Å². The van der Waals surface area contributed by atoms with E-state index >= 15 is 0 Å². The molecule has 1 aliphatic carbocycles. The standard InChI is InChI=1S/C24H22F3N5O6S/c1-36-17-4-2-3-5-20(17)39(34,35)31-22-21-18(37-16-6-7-16)8-14(9-19(21)38-30-22)12-32-13-15(11-29-32)10-28-23(33)24(25,26)27/h2-5,8-9,11,13,16H,6-7,10,12H2,1H3,(H,28,33)(H,30,31). The van der Waals surface area contributed by atoms with E-state index in [-0.39, 0.29) is 41.2 Å². The molecule has 0 aliphatic heterocycles. The summed E-state index contributed by atoms with van der Waals surface area (Å²) >= 11 is 0. The van der Waals surface area contributed by atoms with Crippen molar-refractivity contribution >= 4 is 32.7 Å². The largest absolute Gasteiger partial charge is 0.495 e. The average Bonchev–Trinajstić information content (AvgIpc) is 3.45. The van der Waals surface area contributed by atoms with Crippen molar-refractivity contribution in [2.24, 2.45) is 0 Å². The Labute approximate surface area is 219 Å². The Hall–Kier alpha value is -4.27. The summed E-state index contributed by atoms with van der Waals surface area (Å²) in [6.07, 6.45) is -0.492. The van der Waals surface area contributed by atoms with E-state index < -0.39 is 22.1 Å². The number of anilines is 1. The van der Waals surface area contributed by atoms with Crippen LogP contribution in [-0.4, -0.2) is 48.7 Å². The first-order valence-corrected chi connectivity index (χ1v) is 13.1. The Balaban J connectivity index is 1.40. The SMILES string of the molecule is COc1ccccc1S(=O)(=O)Nc1noc2cc(Cn3cc(CNC(=O)C(F)(F)F)cn3)cc(OC3CC3)c12. The second-order valence-electron chi connectivity index (χ2n) is 8.80. The minimum Gasteiger partial charge on any atom is -0.495 e. The normalized spacial score (nSPS) is 13.8. The number of ether oxygens (including phenoxy) is 2. The fraction of sp³-hybridized carbons (Fsp3) is 0.292. The molecule has 2 aromatic heterocycles. The number of nitrogens with zero attached hydrogens (tertiary/aromatic N) is 3. The number of hydrogen-bond donors (Lipinski definition) is 2. The van der Waals surface area contributed by atoms with Crippen LogP contribution in [0.5, 0.6) is 11.5 Å². The van der Waals surface area contributed by atoms with Gasteiger partial charge in [0.1, 0.15) is 21.8 Å². The Kier molecular flexibility index (Phi) is 6.84. The summed E-state index contributed by atoms with van der Waals surface area (Å²) < 4.78 is 84.0. The number of fused-ring (bicyclic) bond motifs is 1. The zero-order chi connectivity index (χ0) is 27.8. The minimum absolute atomic E-state index is 0.0365. The first-order chi connectivity index (χ1) is 18.5. The summed E-state index contributed by atoms with van der Waals surface area (Å²) in [7, 11) is -2.73. The van der Waals surface area contributed by atoms with E-state index in [1.165, 1.54) is 36.3 Å². The number of benzene rings is 2. The molecule has 2 heterocycles. The van der Waals surface area contributed by atoms with Crippen LogP contribution in [0.3, 0.4) is 0 Å². The fourth-order valence-corrected chi connectivity index (χ4v) is 4.96. The van der Waals surface area contributed by atoms with Crippen molar-refractivity contribution in [2.45, 2.75) is 43.1 Å². The minimum atomic E-state index is -4.97. The quantitative estimate of drug-likeness (QED) is 0.298. The summed E-state index contributed by atoms with van der Waals surface area (Å²) in [6.45, 7) is -0.154. The number of carbonyl (C=O) groups is 1. The summed E-state index contributed by atoms with van der Waals surface area (Å²) in [5.41, 5.74) is 1.28. The molecule has 2 N–H and O–H groups in total. The third kappa shape index (κ3) is 5.92. The van der Waals surface area contributed by atoms with E-state index in [0.717, 1.165) is 12.8 Å². The molecule has 15 heteroatoms. The van der Waals surface area contributed by atoms with Gasteiger partial charge in [0.05, 0.1) is 26.0 Å². The molecule has 1 amide bonds. The molecule has 11 nitrogen and oxygen atoms in total. The van der Waals surface area contributed by atoms with E-state index in [0.29, 0.717) is 22.3 Å². The number of hydrogen-bond acceptors (Lipinski definition) is 8. The highest BCUT2D eigenvalue weighted by molar-refractivity contribution is 7.92. The smallest absolute Gasteiger partial charge is 0.471 e. The van der Waals surface area contributed by atoms with Gasteiger partial charge in [0.15, 0.2) is 11.4 Å². The van der Waals surface area contributed by atoms with Crippen molar-refractivity contribution < 1.29 is 40.4 Å². The van der Waals surface area contributed by atoms with E-state index in [1.54, 1.807) is 29.6 Å². The number of nitrogens with one attached hydrogen (secondary N) is 2. The van der Waals surface area contributed by atoms with Crippen molar-refractivity contribution in [3.05, 3.63) is 59.9 Å². The maximum Gasteiger partial charge on any atom is 0.471 e. The Bertz CT molecular complexity index is 1630. The number of rotatable bonds is 10. The van der Waals surface area contributed by atoms with Gasteiger partial charge in [0.2, 0.25) is 0 Å². The molecule has 2 aromatic carbocycles. The monoisotopic (exact) mass is 565 g/mol. The molecule has 0 unspecified atom stereocenters. The summed E-state index contributed by atoms with van der Waals surface area (Å²) in [6, 6.07) is 9.47. The lowest BCUT2D eigenvalue weighted by atomic mass is 10.1. The van der Waals surface area contributed by atoms with Crippen molar-refractivity contribution in [1.82, 2.24) is 20.3 Å². The lowest BCUT2D eigenvalue weighted by Gasteiger charge is -2.12. The average molecular weight is 566 g/mol. The van der Waals surface area contributed by atoms with Crippen molar-refractivity contribution in [3.8, 4) is 11.5 Å². The van der Waals surface area contributed by atoms with Gasteiger partial charge >= 0.3 is 12.1 Å². The summed E-state index contributed by atoms with van der Waals surface area (Å²) in [4.78, 5) is 11.0. The molecule has 0 spiro atoms. The highest BCUT2D eigenvalue weighted by atomic mass is 32.2. The molecule has 0 saturated heterocycles. The number of alkyl halides is 3. The molecule has 4 aromatic rings. The van der Waals surface area contributed by atoms with E-state index in [2.05, 4.69) is 15.0 Å². The van der Waals surface area contributed by atoms with Gasteiger partial charge in [-0.05, 0) is 42.7 Å². The predicted octanol–water partition coefficient (Wildman–Crippen LogP) is 3.60. The molecule has 0 atom stereocenters. The van der Waals surface area contributed by atoms with Crippen LogP contribution >= 0.6 is 0 Å².